The molecule has 0 radical (unpaired) electrons. The molecular weight excluding hydrogens is 352 g/mol. The molecule has 2 spiro atoms. The van der Waals surface area contributed by atoms with E-state index in [1.54, 1.807) is 0 Å². The number of hydrogen-bond donors (Lipinski definition) is 1. The Balaban J connectivity index is 1.41. The number of carbonyl (C=O) groups excluding carboxylic acids is 2. The molecule has 0 aromatic carbocycles. The third kappa shape index (κ3) is 1.23. The molecular formula is C20H22O7. The summed E-state index contributed by atoms with van der Waals surface area (Å²) >= 11 is 0. The smallest absolute Gasteiger partial charge is 0.334 e. The van der Waals surface area contributed by atoms with Crippen LogP contribution in [-0.2, 0) is 28.5 Å². The predicted octanol–water partition coefficient (Wildman–Crippen LogP) is 0.284. The first-order chi connectivity index (χ1) is 12.9. The fourth-order valence-corrected chi connectivity index (χ4v) is 7.48. The van der Waals surface area contributed by atoms with Gasteiger partial charge >= 0.3 is 5.97 Å². The fourth-order valence-electron chi connectivity index (χ4n) is 7.48. The fraction of sp³-hybridized carbons (Fsp3) is 0.800. The van der Waals surface area contributed by atoms with Crippen molar-refractivity contribution >= 4 is 11.8 Å². The molecule has 0 amide bonds. The van der Waals surface area contributed by atoms with Gasteiger partial charge in [0.2, 0.25) is 5.78 Å². The standard InChI is InChI=1S/C20H22O7/c1-8(2)18-13(26-18)14-20(27-14)17(7-21)4-3-9-10(6-24-15(9)22)11(17)5-12-19(20,25-12)16(18)23/h8,11-14,21H,3-7H2,1-2H3/t11-,12-,13-,14-,17+,18-,19+,20+/m0/s1. The average molecular weight is 374 g/mol. The van der Waals surface area contributed by atoms with Crippen LogP contribution in [0.4, 0.5) is 0 Å². The van der Waals surface area contributed by atoms with E-state index in [1.807, 2.05) is 13.8 Å². The number of carbonyl (C=O) groups is 2. The number of ketones is 1. The Kier molecular flexibility index (Phi) is 2.33. The van der Waals surface area contributed by atoms with Gasteiger partial charge in [-0.3, -0.25) is 4.79 Å². The van der Waals surface area contributed by atoms with Gasteiger partial charge in [-0.15, -0.1) is 0 Å². The summed E-state index contributed by atoms with van der Waals surface area (Å²) in [5.74, 6) is -0.222. The van der Waals surface area contributed by atoms with Gasteiger partial charge in [-0.1, -0.05) is 13.8 Å². The van der Waals surface area contributed by atoms with Crippen molar-refractivity contribution in [3.05, 3.63) is 11.1 Å². The van der Waals surface area contributed by atoms with Crippen LogP contribution in [0.15, 0.2) is 11.1 Å². The van der Waals surface area contributed by atoms with E-state index in [4.69, 9.17) is 18.9 Å². The van der Waals surface area contributed by atoms with E-state index >= 15 is 0 Å². The van der Waals surface area contributed by atoms with E-state index in [-0.39, 0.29) is 55.1 Å². The van der Waals surface area contributed by atoms with Gasteiger partial charge in [0.1, 0.15) is 24.4 Å². The third-order valence-electron chi connectivity index (χ3n) is 8.82. The minimum atomic E-state index is -0.990. The lowest BCUT2D eigenvalue weighted by molar-refractivity contribution is -0.143. The Morgan fingerprint density at radius 1 is 1.19 bits per heavy atom. The molecule has 27 heavy (non-hydrogen) atoms. The number of aliphatic hydroxyl groups is 1. The van der Waals surface area contributed by atoms with Crippen molar-refractivity contribution in [2.24, 2.45) is 17.3 Å². The second-order valence-electron chi connectivity index (χ2n) is 9.61. The molecule has 3 saturated heterocycles. The summed E-state index contributed by atoms with van der Waals surface area (Å²) in [7, 11) is 0. The van der Waals surface area contributed by atoms with E-state index in [0.29, 0.717) is 19.3 Å². The summed E-state index contributed by atoms with van der Waals surface area (Å²) in [6.45, 7) is 4.21. The molecule has 0 bridgehead atoms. The van der Waals surface area contributed by atoms with E-state index in [2.05, 4.69) is 0 Å². The molecule has 7 rings (SSSR count). The summed E-state index contributed by atoms with van der Waals surface area (Å²) in [6, 6.07) is 0. The van der Waals surface area contributed by atoms with Crippen molar-refractivity contribution in [3.63, 3.8) is 0 Å². The predicted molar refractivity (Wildman–Crippen MR) is 87.5 cm³/mol. The molecule has 7 aliphatic rings. The highest BCUT2D eigenvalue weighted by Gasteiger charge is 3.01. The van der Waals surface area contributed by atoms with Crippen molar-refractivity contribution in [2.45, 2.75) is 68.2 Å². The first-order valence-electron chi connectivity index (χ1n) is 9.99. The molecule has 0 unspecified atom stereocenters. The SMILES string of the molecule is CC(C)[C@]12O[C@H]1[C@@H]1O[C@@]13[C@@]1(CO)CCC4=C(COC4=O)[C@@H]1C[C@@H]1O[C@@]13C2=O. The number of esters is 1. The Labute approximate surface area is 156 Å². The first kappa shape index (κ1) is 15.6. The highest BCUT2D eigenvalue weighted by molar-refractivity contribution is 6.05. The van der Waals surface area contributed by atoms with Gasteiger partial charge in [-0.2, -0.15) is 0 Å². The molecule has 8 atom stereocenters. The Bertz CT molecular complexity index is 878. The van der Waals surface area contributed by atoms with Crippen molar-refractivity contribution < 1.29 is 33.6 Å². The van der Waals surface area contributed by atoms with Crippen molar-refractivity contribution in [2.75, 3.05) is 13.2 Å². The van der Waals surface area contributed by atoms with E-state index in [9.17, 15) is 14.7 Å². The maximum atomic E-state index is 13.7. The van der Waals surface area contributed by atoms with Crippen molar-refractivity contribution in [1.82, 2.24) is 0 Å². The maximum Gasteiger partial charge on any atom is 0.334 e. The summed E-state index contributed by atoms with van der Waals surface area (Å²) in [4.78, 5) is 25.8. The van der Waals surface area contributed by atoms with Crippen LogP contribution in [0.25, 0.3) is 0 Å². The molecule has 5 fully saturated rings. The third-order valence-corrected chi connectivity index (χ3v) is 8.82. The van der Waals surface area contributed by atoms with Crippen LogP contribution in [0.1, 0.15) is 33.1 Å². The molecule has 1 N–H and O–H groups in total. The van der Waals surface area contributed by atoms with Crippen molar-refractivity contribution in [1.29, 1.82) is 0 Å². The van der Waals surface area contributed by atoms with Gasteiger partial charge in [-0.25, -0.2) is 4.79 Å². The monoisotopic (exact) mass is 374 g/mol. The first-order valence-corrected chi connectivity index (χ1v) is 9.99. The molecule has 7 nitrogen and oxygen atoms in total. The number of aliphatic hydroxyl groups excluding tert-OH is 1. The average Bonchev–Trinajstić information content (AvgIpc) is 3.54. The lowest BCUT2D eigenvalue weighted by Crippen LogP contribution is -2.69. The highest BCUT2D eigenvalue weighted by atomic mass is 16.7. The van der Waals surface area contributed by atoms with Crippen molar-refractivity contribution in [3.8, 4) is 0 Å². The lowest BCUT2D eigenvalue weighted by Gasteiger charge is -2.52. The molecule has 4 aliphatic heterocycles. The van der Waals surface area contributed by atoms with Crippen LogP contribution in [-0.4, -0.2) is 65.2 Å². The topological polar surface area (TPSA) is 101 Å². The zero-order valence-electron chi connectivity index (χ0n) is 15.3. The molecule has 7 heteroatoms. The molecule has 4 heterocycles. The minimum absolute atomic E-state index is 0.0125. The number of hydrogen-bond acceptors (Lipinski definition) is 7. The van der Waals surface area contributed by atoms with Crippen LogP contribution in [0.3, 0.4) is 0 Å². The van der Waals surface area contributed by atoms with Gasteiger partial charge in [0.25, 0.3) is 0 Å². The Hall–Kier alpha value is -1.28. The lowest BCUT2D eigenvalue weighted by atomic mass is 9.46. The van der Waals surface area contributed by atoms with E-state index in [1.165, 1.54) is 0 Å². The number of rotatable bonds is 2. The number of fused-ring (bicyclic) bond motifs is 4. The molecule has 2 saturated carbocycles. The summed E-state index contributed by atoms with van der Waals surface area (Å²) in [6.07, 6.45) is 1.07. The number of Topliss-reactive ketones (excluding diaryl/α,β-unsaturated/α-hetero) is 1. The Morgan fingerprint density at radius 3 is 2.74 bits per heavy atom. The second-order valence-corrected chi connectivity index (χ2v) is 9.61. The minimum Gasteiger partial charge on any atom is -0.458 e. The molecule has 0 aromatic rings. The normalized spacial score (nSPS) is 58.5. The van der Waals surface area contributed by atoms with Crippen LogP contribution < -0.4 is 0 Å². The van der Waals surface area contributed by atoms with Crippen LogP contribution in [0, 0.1) is 17.3 Å². The second kappa shape index (κ2) is 4.03. The zero-order valence-corrected chi connectivity index (χ0v) is 15.3. The van der Waals surface area contributed by atoms with Crippen LogP contribution in [0.2, 0.25) is 0 Å². The summed E-state index contributed by atoms with van der Waals surface area (Å²) in [5, 5.41) is 10.7. The molecule has 3 aliphatic carbocycles. The van der Waals surface area contributed by atoms with Gasteiger partial charge in [-0.05, 0) is 36.7 Å². The number of cyclic esters (lactones) is 1. The molecule has 0 aromatic heterocycles. The van der Waals surface area contributed by atoms with E-state index < -0.39 is 22.2 Å². The van der Waals surface area contributed by atoms with Crippen LogP contribution in [0.5, 0.6) is 0 Å². The van der Waals surface area contributed by atoms with Gasteiger partial charge in [0, 0.05) is 11.0 Å². The van der Waals surface area contributed by atoms with Gasteiger partial charge in [0.05, 0.1) is 12.7 Å². The zero-order chi connectivity index (χ0) is 18.6. The number of ether oxygens (including phenoxy) is 4. The summed E-state index contributed by atoms with van der Waals surface area (Å²) < 4.78 is 23.9. The highest BCUT2D eigenvalue weighted by Crippen LogP contribution is 2.81. The summed E-state index contributed by atoms with van der Waals surface area (Å²) in [5.41, 5.74) is -1.50. The molecule has 144 valence electrons. The van der Waals surface area contributed by atoms with Gasteiger partial charge < -0.3 is 24.1 Å². The number of epoxide rings is 3. The van der Waals surface area contributed by atoms with E-state index in [0.717, 1.165) is 11.1 Å². The largest absolute Gasteiger partial charge is 0.458 e. The quantitative estimate of drug-likeness (QED) is 0.547. The Morgan fingerprint density at radius 2 is 2.00 bits per heavy atom. The van der Waals surface area contributed by atoms with Gasteiger partial charge in [0.15, 0.2) is 11.2 Å². The maximum absolute atomic E-state index is 13.7. The van der Waals surface area contributed by atoms with Crippen LogP contribution >= 0.6 is 0 Å².